The van der Waals surface area contributed by atoms with Gasteiger partial charge in [0, 0.05) is 64.3 Å². The van der Waals surface area contributed by atoms with Crippen LogP contribution in [0, 0.1) is 0 Å². The lowest BCUT2D eigenvalue weighted by molar-refractivity contribution is -0.122. The fourth-order valence-corrected chi connectivity index (χ4v) is 3.34. The number of benzene rings is 2. The molecular weight excluding hydrogens is 352 g/mol. The van der Waals surface area contributed by atoms with Gasteiger partial charge < -0.3 is 19.9 Å². The second kappa shape index (κ2) is 9.46. The summed E-state index contributed by atoms with van der Waals surface area (Å²) in [7, 11) is 5.72. The summed E-state index contributed by atoms with van der Waals surface area (Å²) in [6.07, 6.45) is 0. The van der Waals surface area contributed by atoms with Crippen molar-refractivity contribution in [2.45, 2.75) is 6.54 Å². The van der Waals surface area contributed by atoms with Crippen LogP contribution in [-0.4, -0.2) is 64.7 Å². The summed E-state index contributed by atoms with van der Waals surface area (Å²) in [5.74, 6) is 0.949. The zero-order chi connectivity index (χ0) is 19.9. The van der Waals surface area contributed by atoms with Crippen LogP contribution in [0.2, 0.25) is 0 Å². The fourth-order valence-electron chi connectivity index (χ4n) is 3.34. The summed E-state index contributed by atoms with van der Waals surface area (Å²) in [4.78, 5) is 18.9. The Bertz CT molecular complexity index is 768. The number of carbonyl (C=O) groups is 1. The Morgan fingerprint density at radius 3 is 2.43 bits per heavy atom. The first kappa shape index (κ1) is 20.0. The molecule has 0 atom stereocenters. The molecule has 1 aliphatic rings. The van der Waals surface area contributed by atoms with Crippen LogP contribution in [0.25, 0.3) is 0 Å². The van der Waals surface area contributed by atoms with Gasteiger partial charge >= 0.3 is 0 Å². The van der Waals surface area contributed by atoms with Crippen LogP contribution in [0.3, 0.4) is 0 Å². The molecule has 6 heteroatoms. The van der Waals surface area contributed by atoms with E-state index in [9.17, 15) is 4.79 Å². The van der Waals surface area contributed by atoms with Crippen molar-refractivity contribution in [3.8, 4) is 5.75 Å². The molecule has 2 aromatic carbocycles. The van der Waals surface area contributed by atoms with E-state index in [1.807, 2.05) is 26.2 Å². The SMILES string of the molecule is COc1cccc(N2CCN(CC(=O)NCc3ccc(N(C)C)cc3)CC2)c1. The zero-order valence-corrected chi connectivity index (χ0v) is 17.0. The average molecular weight is 383 g/mol. The molecule has 0 saturated carbocycles. The van der Waals surface area contributed by atoms with Crippen molar-refractivity contribution >= 4 is 17.3 Å². The normalized spacial score (nSPS) is 14.6. The molecule has 0 aliphatic carbocycles. The van der Waals surface area contributed by atoms with Crippen LogP contribution >= 0.6 is 0 Å². The fraction of sp³-hybridized carbons (Fsp3) is 0.409. The average Bonchev–Trinajstić information content (AvgIpc) is 2.73. The predicted molar refractivity (Wildman–Crippen MR) is 114 cm³/mol. The lowest BCUT2D eigenvalue weighted by atomic mass is 10.2. The molecule has 1 fully saturated rings. The molecule has 6 nitrogen and oxygen atoms in total. The number of rotatable bonds is 7. The van der Waals surface area contributed by atoms with Crippen molar-refractivity contribution in [1.29, 1.82) is 0 Å². The summed E-state index contributed by atoms with van der Waals surface area (Å²) in [6, 6.07) is 16.4. The van der Waals surface area contributed by atoms with E-state index in [1.165, 1.54) is 5.69 Å². The summed E-state index contributed by atoms with van der Waals surface area (Å²) in [5, 5.41) is 3.03. The van der Waals surface area contributed by atoms with E-state index in [0.29, 0.717) is 13.1 Å². The minimum atomic E-state index is 0.0755. The van der Waals surface area contributed by atoms with E-state index in [4.69, 9.17) is 4.74 Å². The van der Waals surface area contributed by atoms with Crippen molar-refractivity contribution in [3.63, 3.8) is 0 Å². The molecule has 0 unspecified atom stereocenters. The maximum Gasteiger partial charge on any atom is 0.234 e. The van der Waals surface area contributed by atoms with Crippen LogP contribution in [0.4, 0.5) is 11.4 Å². The summed E-state index contributed by atoms with van der Waals surface area (Å²) in [5.41, 5.74) is 3.44. The number of hydrogen-bond acceptors (Lipinski definition) is 5. The first-order chi connectivity index (χ1) is 13.5. The third kappa shape index (κ3) is 5.39. The van der Waals surface area contributed by atoms with E-state index in [0.717, 1.165) is 43.2 Å². The van der Waals surface area contributed by atoms with Gasteiger partial charge in [-0.25, -0.2) is 0 Å². The minimum absolute atomic E-state index is 0.0755. The highest BCUT2D eigenvalue weighted by atomic mass is 16.5. The number of ether oxygens (including phenoxy) is 1. The molecule has 0 aromatic heterocycles. The summed E-state index contributed by atoms with van der Waals surface area (Å²) < 4.78 is 5.31. The molecule has 2 aromatic rings. The smallest absolute Gasteiger partial charge is 0.234 e. The number of anilines is 2. The van der Waals surface area contributed by atoms with Gasteiger partial charge in [0.25, 0.3) is 0 Å². The van der Waals surface area contributed by atoms with Gasteiger partial charge in [0.05, 0.1) is 13.7 Å². The number of amides is 1. The molecule has 28 heavy (non-hydrogen) atoms. The molecule has 1 heterocycles. The van der Waals surface area contributed by atoms with Crippen LogP contribution < -0.4 is 19.9 Å². The van der Waals surface area contributed by atoms with Crippen LogP contribution in [-0.2, 0) is 11.3 Å². The van der Waals surface area contributed by atoms with E-state index in [-0.39, 0.29) is 5.91 Å². The van der Waals surface area contributed by atoms with E-state index >= 15 is 0 Å². The van der Waals surface area contributed by atoms with Gasteiger partial charge in [-0.05, 0) is 29.8 Å². The molecule has 1 aliphatic heterocycles. The number of nitrogens with zero attached hydrogens (tertiary/aromatic N) is 3. The number of nitrogens with one attached hydrogen (secondary N) is 1. The summed E-state index contributed by atoms with van der Waals surface area (Å²) >= 11 is 0. The first-order valence-electron chi connectivity index (χ1n) is 9.69. The van der Waals surface area contributed by atoms with Crippen LogP contribution in [0.5, 0.6) is 5.75 Å². The Labute approximate surface area is 167 Å². The minimum Gasteiger partial charge on any atom is -0.497 e. The Morgan fingerprint density at radius 1 is 1.07 bits per heavy atom. The monoisotopic (exact) mass is 382 g/mol. The van der Waals surface area contributed by atoms with Crippen molar-refractivity contribution < 1.29 is 9.53 Å². The maximum absolute atomic E-state index is 12.3. The molecule has 150 valence electrons. The van der Waals surface area contributed by atoms with Crippen molar-refractivity contribution in [2.24, 2.45) is 0 Å². The number of piperazine rings is 1. The second-order valence-corrected chi connectivity index (χ2v) is 7.30. The third-order valence-electron chi connectivity index (χ3n) is 5.10. The topological polar surface area (TPSA) is 48.1 Å². The molecule has 0 bridgehead atoms. The van der Waals surface area contributed by atoms with Gasteiger partial charge in [-0.3, -0.25) is 9.69 Å². The second-order valence-electron chi connectivity index (χ2n) is 7.30. The van der Waals surface area contributed by atoms with Crippen LogP contribution in [0.15, 0.2) is 48.5 Å². The van der Waals surface area contributed by atoms with Gasteiger partial charge in [0.15, 0.2) is 0 Å². The summed E-state index contributed by atoms with van der Waals surface area (Å²) in [6.45, 7) is 4.58. The Hall–Kier alpha value is -2.73. The Kier molecular flexibility index (Phi) is 6.76. The third-order valence-corrected chi connectivity index (χ3v) is 5.10. The molecule has 1 N–H and O–H groups in total. The molecular formula is C22H30N4O2. The standard InChI is InChI=1S/C22H30N4O2/c1-24(2)19-9-7-18(8-10-19)16-23-22(27)17-25-11-13-26(14-12-25)20-5-4-6-21(15-20)28-3/h4-10,15H,11-14,16-17H2,1-3H3,(H,23,27). The van der Waals surface area contributed by atoms with E-state index < -0.39 is 0 Å². The largest absolute Gasteiger partial charge is 0.497 e. The lowest BCUT2D eigenvalue weighted by Gasteiger charge is -2.35. The molecule has 3 rings (SSSR count). The highest BCUT2D eigenvalue weighted by Crippen LogP contribution is 2.22. The molecule has 0 radical (unpaired) electrons. The van der Waals surface area contributed by atoms with Crippen molar-refractivity contribution in [2.75, 3.05) is 63.7 Å². The maximum atomic E-state index is 12.3. The number of hydrogen-bond donors (Lipinski definition) is 1. The Morgan fingerprint density at radius 2 is 1.79 bits per heavy atom. The molecule has 1 amide bonds. The number of methoxy groups -OCH3 is 1. The van der Waals surface area contributed by atoms with Crippen molar-refractivity contribution in [3.05, 3.63) is 54.1 Å². The highest BCUT2D eigenvalue weighted by molar-refractivity contribution is 5.78. The van der Waals surface area contributed by atoms with Crippen molar-refractivity contribution in [1.82, 2.24) is 10.2 Å². The van der Waals surface area contributed by atoms with Gasteiger partial charge in [0.1, 0.15) is 5.75 Å². The van der Waals surface area contributed by atoms with Gasteiger partial charge in [-0.1, -0.05) is 18.2 Å². The molecule has 0 spiro atoms. The number of carbonyl (C=O) groups excluding carboxylic acids is 1. The van der Waals surface area contributed by atoms with Gasteiger partial charge in [0.2, 0.25) is 5.91 Å². The molecule has 1 saturated heterocycles. The lowest BCUT2D eigenvalue weighted by Crippen LogP contribution is -2.49. The van der Waals surface area contributed by atoms with E-state index in [1.54, 1.807) is 7.11 Å². The zero-order valence-electron chi connectivity index (χ0n) is 17.0. The quantitative estimate of drug-likeness (QED) is 0.796. The van der Waals surface area contributed by atoms with Gasteiger partial charge in [-0.2, -0.15) is 0 Å². The van der Waals surface area contributed by atoms with Crippen LogP contribution in [0.1, 0.15) is 5.56 Å². The Balaban J connectivity index is 1.42. The highest BCUT2D eigenvalue weighted by Gasteiger charge is 2.19. The predicted octanol–water partition coefficient (Wildman–Crippen LogP) is 2.20. The first-order valence-corrected chi connectivity index (χ1v) is 9.69. The van der Waals surface area contributed by atoms with E-state index in [2.05, 4.69) is 56.4 Å². The van der Waals surface area contributed by atoms with Gasteiger partial charge in [-0.15, -0.1) is 0 Å².